The maximum Gasteiger partial charge on any atom is 0.252 e. The second kappa shape index (κ2) is 15.7. The predicted octanol–water partition coefficient (Wildman–Crippen LogP) is 17.8. The zero-order valence-electron chi connectivity index (χ0n) is 47.2. The van der Waals surface area contributed by atoms with Crippen LogP contribution in [0, 0.1) is 6.92 Å². The van der Waals surface area contributed by atoms with Crippen molar-refractivity contribution in [3.05, 3.63) is 185 Å². The predicted molar refractivity (Wildman–Crippen MR) is 322 cm³/mol. The molecule has 0 spiro atoms. The number of fused-ring (bicyclic) bond motifs is 9. The van der Waals surface area contributed by atoms with Gasteiger partial charge in [-0.15, -0.1) is 0 Å². The molecule has 0 unspecified atom stereocenters. The number of hydrogen-bond donors (Lipinski definition) is 0. The number of furan rings is 1. The Balaban J connectivity index is 1.18. The van der Waals surface area contributed by atoms with Gasteiger partial charge in [-0.1, -0.05) is 188 Å². The molecule has 13 rings (SSSR count). The molecule has 0 N–H and O–H groups in total. The van der Waals surface area contributed by atoms with Gasteiger partial charge in [0.15, 0.2) is 0 Å². The number of benzene rings is 8. The summed E-state index contributed by atoms with van der Waals surface area (Å²) in [4.78, 5) is 5.41. The fraction of sp³-hybridized carbons (Fsp3) is 0.324. The molecular weight excluding hydrogens is 908 g/mol. The van der Waals surface area contributed by atoms with E-state index in [4.69, 9.17) is 4.42 Å². The van der Waals surface area contributed by atoms with Crippen LogP contribution in [-0.2, 0) is 32.5 Å². The van der Waals surface area contributed by atoms with Crippen LogP contribution in [0.2, 0.25) is 0 Å². The Bertz CT molecular complexity index is 3890. The van der Waals surface area contributed by atoms with E-state index in [-0.39, 0.29) is 39.2 Å². The quantitative estimate of drug-likeness (QED) is 0.164. The molecule has 4 aliphatic rings. The van der Waals surface area contributed by atoms with E-state index < -0.39 is 0 Å². The number of aryl methyl sites for hydroxylation is 1. The van der Waals surface area contributed by atoms with Crippen molar-refractivity contribution < 1.29 is 4.42 Å². The Hall–Kier alpha value is -6.78. The average Bonchev–Trinajstić information content (AvgIpc) is 4.05. The van der Waals surface area contributed by atoms with E-state index in [9.17, 15) is 0 Å². The Kier molecular flexibility index (Phi) is 10.0. The van der Waals surface area contributed by atoms with Crippen molar-refractivity contribution >= 4 is 79.2 Å². The number of nitrogens with zero attached hydrogens (tertiary/aromatic N) is 2. The third-order valence-electron chi connectivity index (χ3n) is 18.2. The van der Waals surface area contributed by atoms with Crippen LogP contribution >= 0.6 is 0 Å². The average molecular weight is 981 g/mol. The maximum atomic E-state index is 6.56. The molecule has 9 aromatic rings. The van der Waals surface area contributed by atoms with Crippen molar-refractivity contribution in [1.29, 1.82) is 0 Å². The van der Waals surface area contributed by atoms with Gasteiger partial charge >= 0.3 is 0 Å². The standard InChI is InChI=1S/C71H73BN2O/c1-42-32-50-52(70(12,13)40-68(50,8)9)38-57(42)74-58-33-44(47-25-21-27-63-64(47)48-24-19-20-26-62(48)75-63)28-30-54(58)72-55-37-51-53(71(14,15)41-69(51,10)11)39-59(55)73(60-35-46(67(5,6)7)36-61(74)65(60)72)56-31-29-45(66(2,3)4)34-49(56)43-22-17-16-18-23-43/h16-39H,40-41H2,1-15H3. The molecule has 0 amide bonds. The molecule has 376 valence electrons. The summed E-state index contributed by atoms with van der Waals surface area (Å²) in [5.41, 5.74) is 28.0. The molecular formula is C71H73BN2O. The van der Waals surface area contributed by atoms with E-state index in [0.29, 0.717) is 0 Å². The summed E-state index contributed by atoms with van der Waals surface area (Å²) in [6.07, 6.45) is 2.21. The normalized spacial score (nSPS) is 17.5. The van der Waals surface area contributed by atoms with Crippen molar-refractivity contribution in [2.45, 2.75) is 149 Å². The highest BCUT2D eigenvalue weighted by molar-refractivity contribution is 7.00. The van der Waals surface area contributed by atoms with Crippen LogP contribution in [0.25, 0.3) is 44.2 Å². The van der Waals surface area contributed by atoms with Crippen LogP contribution in [0.4, 0.5) is 34.1 Å². The molecule has 2 aliphatic heterocycles. The van der Waals surface area contributed by atoms with Gasteiger partial charge in [0.1, 0.15) is 11.2 Å². The summed E-state index contributed by atoms with van der Waals surface area (Å²) in [7, 11) is 0. The summed E-state index contributed by atoms with van der Waals surface area (Å²) in [5.74, 6) is 0. The summed E-state index contributed by atoms with van der Waals surface area (Å²) in [5, 5.41) is 2.31. The van der Waals surface area contributed by atoms with E-state index in [1.165, 1.54) is 112 Å². The van der Waals surface area contributed by atoms with E-state index >= 15 is 0 Å². The second-order valence-corrected chi connectivity index (χ2v) is 27.7. The van der Waals surface area contributed by atoms with Gasteiger partial charge in [0.2, 0.25) is 0 Å². The lowest BCUT2D eigenvalue weighted by Crippen LogP contribution is -2.61. The van der Waals surface area contributed by atoms with Crippen molar-refractivity contribution in [3.63, 3.8) is 0 Å². The van der Waals surface area contributed by atoms with Crippen LogP contribution in [0.15, 0.2) is 150 Å². The molecule has 75 heavy (non-hydrogen) atoms. The molecule has 0 atom stereocenters. The number of para-hydroxylation sites is 1. The number of rotatable bonds is 4. The van der Waals surface area contributed by atoms with E-state index in [0.717, 1.165) is 34.8 Å². The van der Waals surface area contributed by atoms with Gasteiger partial charge in [-0.05, 0) is 179 Å². The van der Waals surface area contributed by atoms with Crippen molar-refractivity contribution in [1.82, 2.24) is 0 Å². The van der Waals surface area contributed by atoms with Gasteiger partial charge in [-0.2, -0.15) is 0 Å². The van der Waals surface area contributed by atoms with Crippen LogP contribution in [0.1, 0.15) is 149 Å². The third kappa shape index (κ3) is 7.13. The molecule has 0 saturated heterocycles. The SMILES string of the molecule is Cc1cc2c(cc1N1c3cc(-c4cccc5oc6ccccc6c45)ccc3B3c4cc5c(cc4N(c4ccc(C(C)(C)C)cc4-c4ccccc4)c4cc(C(C)(C)C)cc1c43)C(C)(C)CC5(C)C)C(C)(C)CC2(C)C. The fourth-order valence-electron chi connectivity index (χ4n) is 15.0. The molecule has 8 aromatic carbocycles. The monoisotopic (exact) mass is 981 g/mol. The number of anilines is 6. The van der Waals surface area contributed by atoms with Crippen molar-refractivity contribution in [3.8, 4) is 22.3 Å². The lowest BCUT2D eigenvalue weighted by atomic mass is 9.33. The van der Waals surface area contributed by atoms with E-state index in [2.05, 4.69) is 259 Å². The van der Waals surface area contributed by atoms with Crippen LogP contribution in [0.5, 0.6) is 0 Å². The summed E-state index contributed by atoms with van der Waals surface area (Å²) < 4.78 is 6.56. The minimum Gasteiger partial charge on any atom is -0.456 e. The molecule has 2 aliphatic carbocycles. The molecule has 0 radical (unpaired) electrons. The van der Waals surface area contributed by atoms with Crippen LogP contribution < -0.4 is 26.2 Å². The zero-order chi connectivity index (χ0) is 52.7. The lowest BCUT2D eigenvalue weighted by molar-refractivity contribution is 0.402. The van der Waals surface area contributed by atoms with Gasteiger partial charge in [-0.25, -0.2) is 0 Å². The summed E-state index contributed by atoms with van der Waals surface area (Å²) in [6, 6.07) is 56.6. The maximum absolute atomic E-state index is 6.56. The third-order valence-corrected chi connectivity index (χ3v) is 18.2. The first-order valence-corrected chi connectivity index (χ1v) is 27.7. The first-order valence-electron chi connectivity index (χ1n) is 27.7. The van der Waals surface area contributed by atoms with E-state index in [1.807, 2.05) is 0 Å². The smallest absolute Gasteiger partial charge is 0.252 e. The molecule has 3 nitrogen and oxygen atoms in total. The minimum atomic E-state index is -0.167. The summed E-state index contributed by atoms with van der Waals surface area (Å²) >= 11 is 0. The zero-order valence-corrected chi connectivity index (χ0v) is 47.2. The van der Waals surface area contributed by atoms with Gasteiger partial charge in [0.25, 0.3) is 6.71 Å². The Morgan fingerprint density at radius 3 is 1.64 bits per heavy atom. The Morgan fingerprint density at radius 1 is 0.427 bits per heavy atom. The van der Waals surface area contributed by atoms with Crippen molar-refractivity contribution in [2.24, 2.45) is 0 Å². The van der Waals surface area contributed by atoms with Crippen LogP contribution in [-0.4, -0.2) is 6.71 Å². The highest BCUT2D eigenvalue weighted by Crippen LogP contribution is 2.56. The fourth-order valence-corrected chi connectivity index (χ4v) is 15.0. The van der Waals surface area contributed by atoms with E-state index in [1.54, 1.807) is 0 Å². The highest BCUT2D eigenvalue weighted by atomic mass is 16.3. The molecule has 1 aromatic heterocycles. The van der Waals surface area contributed by atoms with Gasteiger partial charge in [0.05, 0.1) is 5.69 Å². The Morgan fingerprint density at radius 2 is 0.987 bits per heavy atom. The lowest BCUT2D eigenvalue weighted by Gasteiger charge is -2.46. The molecule has 4 heteroatoms. The van der Waals surface area contributed by atoms with Crippen LogP contribution in [0.3, 0.4) is 0 Å². The first-order chi connectivity index (χ1) is 35.3. The molecule has 0 saturated carbocycles. The highest BCUT2D eigenvalue weighted by Gasteiger charge is 2.50. The van der Waals surface area contributed by atoms with Gasteiger partial charge in [-0.3, -0.25) is 0 Å². The topological polar surface area (TPSA) is 19.6 Å². The summed E-state index contributed by atoms with van der Waals surface area (Å²) in [6.45, 7) is 36.2. The van der Waals surface area contributed by atoms with Gasteiger partial charge < -0.3 is 14.2 Å². The molecule has 0 fully saturated rings. The second-order valence-electron chi connectivity index (χ2n) is 27.7. The molecule has 0 bridgehead atoms. The first kappa shape index (κ1) is 47.9. The van der Waals surface area contributed by atoms with Gasteiger partial charge in [0, 0.05) is 44.8 Å². The molecule has 3 heterocycles. The minimum absolute atomic E-state index is 0.00152. The largest absolute Gasteiger partial charge is 0.456 e. The Labute approximate surface area is 447 Å². The van der Waals surface area contributed by atoms with Crippen molar-refractivity contribution in [2.75, 3.05) is 9.80 Å². The number of hydrogen-bond acceptors (Lipinski definition) is 3.